The van der Waals surface area contributed by atoms with Gasteiger partial charge in [0.1, 0.15) is 0 Å². The van der Waals surface area contributed by atoms with Crippen LogP contribution in [0.15, 0.2) is 0 Å². The summed E-state index contributed by atoms with van der Waals surface area (Å²) in [6.07, 6.45) is 13.2. The summed E-state index contributed by atoms with van der Waals surface area (Å²) in [5.41, 5.74) is 0. The topological polar surface area (TPSA) is 15.3 Å². The van der Waals surface area contributed by atoms with Crippen LogP contribution in [-0.4, -0.2) is 36.6 Å². The molecule has 98 valence electrons. The minimum absolute atomic E-state index is 0.846. The van der Waals surface area contributed by atoms with Crippen molar-refractivity contribution in [2.45, 2.75) is 69.9 Å². The SMILES string of the molecule is C1CCC(NCCN2CCCC3CCCC32)C1. The molecule has 0 aromatic heterocycles. The van der Waals surface area contributed by atoms with Crippen molar-refractivity contribution in [3.8, 4) is 0 Å². The molecule has 0 bridgehead atoms. The average Bonchev–Trinajstić information content (AvgIpc) is 2.99. The maximum Gasteiger partial charge on any atom is 0.0124 e. The fourth-order valence-electron chi connectivity index (χ4n) is 4.38. The zero-order valence-electron chi connectivity index (χ0n) is 11.2. The summed E-state index contributed by atoms with van der Waals surface area (Å²) >= 11 is 0. The van der Waals surface area contributed by atoms with Gasteiger partial charge in [-0.1, -0.05) is 19.3 Å². The number of rotatable bonds is 4. The summed E-state index contributed by atoms with van der Waals surface area (Å²) in [5.74, 6) is 1.05. The Hall–Kier alpha value is -0.0800. The lowest BCUT2D eigenvalue weighted by Gasteiger charge is -2.38. The lowest BCUT2D eigenvalue weighted by molar-refractivity contribution is 0.113. The molecular formula is C15H28N2. The zero-order valence-corrected chi connectivity index (χ0v) is 11.2. The Kier molecular flexibility index (Phi) is 4.02. The summed E-state index contributed by atoms with van der Waals surface area (Å²) in [7, 11) is 0. The maximum absolute atomic E-state index is 3.77. The molecule has 1 saturated heterocycles. The molecule has 2 unspecified atom stereocenters. The number of fused-ring (bicyclic) bond motifs is 1. The molecule has 0 spiro atoms. The number of likely N-dealkylation sites (tertiary alicyclic amines) is 1. The van der Waals surface area contributed by atoms with Crippen molar-refractivity contribution in [2.75, 3.05) is 19.6 Å². The Morgan fingerprint density at radius 3 is 2.59 bits per heavy atom. The average molecular weight is 236 g/mol. The number of piperidine rings is 1. The van der Waals surface area contributed by atoms with Crippen molar-refractivity contribution >= 4 is 0 Å². The molecule has 1 aliphatic heterocycles. The number of nitrogens with zero attached hydrogens (tertiary/aromatic N) is 1. The summed E-state index contributed by atoms with van der Waals surface area (Å²) in [6.45, 7) is 3.90. The Bertz CT molecular complexity index is 235. The third-order valence-electron chi connectivity index (χ3n) is 5.30. The molecule has 17 heavy (non-hydrogen) atoms. The highest BCUT2D eigenvalue weighted by Gasteiger charge is 2.34. The summed E-state index contributed by atoms with van der Waals surface area (Å²) < 4.78 is 0. The van der Waals surface area contributed by atoms with Crippen LogP contribution in [0, 0.1) is 5.92 Å². The minimum Gasteiger partial charge on any atom is -0.313 e. The standard InChI is InChI=1S/C15H28N2/c1-2-8-14(7-1)16-10-12-17-11-4-6-13-5-3-9-15(13)17/h13-16H,1-12H2. The van der Waals surface area contributed by atoms with E-state index in [9.17, 15) is 0 Å². The molecule has 2 atom stereocenters. The highest BCUT2D eigenvalue weighted by molar-refractivity contribution is 4.89. The van der Waals surface area contributed by atoms with E-state index in [1.807, 2.05) is 0 Å². The van der Waals surface area contributed by atoms with Gasteiger partial charge in [-0.05, 0) is 51.0 Å². The van der Waals surface area contributed by atoms with Gasteiger partial charge in [-0.2, -0.15) is 0 Å². The smallest absolute Gasteiger partial charge is 0.0124 e. The van der Waals surface area contributed by atoms with Crippen molar-refractivity contribution in [2.24, 2.45) is 5.92 Å². The van der Waals surface area contributed by atoms with Gasteiger partial charge in [0.05, 0.1) is 0 Å². The Labute approximate surface area is 106 Å². The van der Waals surface area contributed by atoms with Crippen molar-refractivity contribution in [3.05, 3.63) is 0 Å². The van der Waals surface area contributed by atoms with Gasteiger partial charge >= 0.3 is 0 Å². The molecule has 2 aliphatic carbocycles. The molecule has 3 rings (SSSR count). The molecule has 1 heterocycles. The Morgan fingerprint density at radius 2 is 1.71 bits per heavy atom. The van der Waals surface area contributed by atoms with E-state index in [2.05, 4.69) is 10.2 Å². The third-order valence-corrected chi connectivity index (χ3v) is 5.30. The van der Waals surface area contributed by atoms with Crippen molar-refractivity contribution in [1.29, 1.82) is 0 Å². The lowest BCUT2D eigenvalue weighted by atomic mass is 9.92. The fraction of sp³-hybridized carbons (Fsp3) is 1.00. The monoisotopic (exact) mass is 236 g/mol. The zero-order chi connectivity index (χ0) is 11.5. The normalized spacial score (nSPS) is 35.3. The molecule has 2 heteroatoms. The highest BCUT2D eigenvalue weighted by atomic mass is 15.2. The molecule has 0 radical (unpaired) electrons. The van der Waals surface area contributed by atoms with E-state index in [4.69, 9.17) is 0 Å². The van der Waals surface area contributed by atoms with E-state index in [1.165, 1.54) is 77.4 Å². The van der Waals surface area contributed by atoms with Gasteiger partial charge in [-0.15, -0.1) is 0 Å². The van der Waals surface area contributed by atoms with Crippen LogP contribution in [0.4, 0.5) is 0 Å². The first kappa shape index (κ1) is 12.0. The molecule has 0 aromatic carbocycles. The van der Waals surface area contributed by atoms with E-state index in [0.717, 1.165) is 18.0 Å². The van der Waals surface area contributed by atoms with E-state index in [-0.39, 0.29) is 0 Å². The molecule has 3 aliphatic rings. The molecule has 2 saturated carbocycles. The highest BCUT2D eigenvalue weighted by Crippen LogP contribution is 2.36. The predicted molar refractivity (Wildman–Crippen MR) is 72.2 cm³/mol. The molecule has 0 aromatic rings. The van der Waals surface area contributed by atoms with Gasteiger partial charge in [-0.25, -0.2) is 0 Å². The van der Waals surface area contributed by atoms with Crippen molar-refractivity contribution in [1.82, 2.24) is 10.2 Å². The Morgan fingerprint density at radius 1 is 0.882 bits per heavy atom. The van der Waals surface area contributed by atoms with Crippen LogP contribution in [0.3, 0.4) is 0 Å². The summed E-state index contributed by atoms with van der Waals surface area (Å²) in [4.78, 5) is 2.79. The second-order valence-corrected chi connectivity index (χ2v) is 6.37. The molecule has 2 nitrogen and oxygen atoms in total. The van der Waals surface area contributed by atoms with Gasteiger partial charge < -0.3 is 5.32 Å². The van der Waals surface area contributed by atoms with E-state index < -0.39 is 0 Å². The van der Waals surface area contributed by atoms with Crippen LogP contribution >= 0.6 is 0 Å². The van der Waals surface area contributed by atoms with Crippen molar-refractivity contribution < 1.29 is 0 Å². The van der Waals surface area contributed by atoms with Gasteiger partial charge in [0.2, 0.25) is 0 Å². The third kappa shape index (κ3) is 2.85. The minimum atomic E-state index is 0.846. The van der Waals surface area contributed by atoms with Crippen molar-refractivity contribution in [3.63, 3.8) is 0 Å². The molecule has 3 fully saturated rings. The van der Waals surface area contributed by atoms with Crippen LogP contribution in [0.1, 0.15) is 57.8 Å². The van der Waals surface area contributed by atoms with Gasteiger partial charge in [-0.3, -0.25) is 4.90 Å². The number of nitrogens with one attached hydrogen (secondary N) is 1. The van der Waals surface area contributed by atoms with Crippen LogP contribution in [0.25, 0.3) is 0 Å². The predicted octanol–water partition coefficient (Wildman–Crippen LogP) is 2.78. The molecular weight excluding hydrogens is 208 g/mol. The Balaban J connectivity index is 1.41. The van der Waals surface area contributed by atoms with Gasteiger partial charge in [0, 0.05) is 25.2 Å². The van der Waals surface area contributed by atoms with E-state index >= 15 is 0 Å². The van der Waals surface area contributed by atoms with E-state index in [0.29, 0.717) is 0 Å². The van der Waals surface area contributed by atoms with Crippen LogP contribution < -0.4 is 5.32 Å². The molecule has 1 N–H and O–H groups in total. The lowest BCUT2D eigenvalue weighted by Crippen LogP contribution is -2.46. The second-order valence-electron chi connectivity index (χ2n) is 6.37. The first-order chi connectivity index (χ1) is 8.43. The van der Waals surface area contributed by atoms with Crippen LogP contribution in [-0.2, 0) is 0 Å². The van der Waals surface area contributed by atoms with Gasteiger partial charge in [0.15, 0.2) is 0 Å². The maximum atomic E-state index is 3.77. The quantitative estimate of drug-likeness (QED) is 0.807. The van der Waals surface area contributed by atoms with Crippen LogP contribution in [0.5, 0.6) is 0 Å². The second kappa shape index (κ2) is 5.71. The number of hydrogen-bond acceptors (Lipinski definition) is 2. The number of hydrogen-bond donors (Lipinski definition) is 1. The summed E-state index contributed by atoms with van der Waals surface area (Å²) in [6, 6.07) is 1.80. The largest absolute Gasteiger partial charge is 0.313 e. The first-order valence-electron chi connectivity index (χ1n) is 7.91. The molecule has 0 amide bonds. The summed E-state index contributed by atoms with van der Waals surface area (Å²) in [5, 5.41) is 3.77. The van der Waals surface area contributed by atoms with Gasteiger partial charge in [0.25, 0.3) is 0 Å². The fourth-order valence-corrected chi connectivity index (χ4v) is 4.38. The van der Waals surface area contributed by atoms with Crippen LogP contribution in [0.2, 0.25) is 0 Å². The van der Waals surface area contributed by atoms with E-state index in [1.54, 1.807) is 0 Å². The first-order valence-corrected chi connectivity index (χ1v) is 7.91.